The molecule has 0 spiro atoms. The summed E-state index contributed by atoms with van der Waals surface area (Å²) < 4.78 is 5.99. The van der Waals surface area contributed by atoms with Crippen molar-refractivity contribution in [3.63, 3.8) is 0 Å². The lowest BCUT2D eigenvalue weighted by atomic mass is 10.4. The predicted molar refractivity (Wildman–Crippen MR) is 50.6 cm³/mol. The minimum absolute atomic E-state index is 0.407. The lowest BCUT2D eigenvalue weighted by molar-refractivity contribution is 0.112. The van der Waals surface area contributed by atoms with Crippen LogP contribution in [0.4, 0.5) is 5.82 Å². The Morgan fingerprint density at radius 2 is 2.31 bits per heavy atom. The van der Waals surface area contributed by atoms with Gasteiger partial charge in [0.1, 0.15) is 5.82 Å². The minimum atomic E-state index is 0.407. The van der Waals surface area contributed by atoms with Gasteiger partial charge in [-0.05, 0) is 6.92 Å². The molecular formula is C8H15N3O2. The number of aldehydes is 1. The van der Waals surface area contributed by atoms with Crippen LogP contribution in [0.5, 0.6) is 0 Å². The van der Waals surface area contributed by atoms with Gasteiger partial charge >= 0.3 is 0 Å². The Balaban J connectivity index is 0.000000310. The molecule has 0 aliphatic heterocycles. The zero-order valence-electron chi connectivity index (χ0n) is 8.15. The Kier molecular flexibility index (Phi) is 5.54. The van der Waals surface area contributed by atoms with Gasteiger partial charge in [0.15, 0.2) is 6.29 Å². The van der Waals surface area contributed by atoms with Gasteiger partial charge in [-0.15, -0.1) is 0 Å². The molecule has 1 aromatic rings. The standard InChI is InChI=1S/C5H7N3O.C3H8O/c1-8-5(6)4(3-9)2-7-8;1-3-4-2/h2-3H,6H2,1H3;3H2,1-2H3. The molecule has 0 aliphatic rings. The number of anilines is 1. The van der Waals surface area contributed by atoms with E-state index in [1.54, 1.807) is 14.2 Å². The first-order chi connectivity index (χ1) is 6.17. The average Bonchev–Trinajstić information content (AvgIpc) is 2.48. The maximum absolute atomic E-state index is 10.1. The predicted octanol–water partition coefficient (Wildman–Crippen LogP) is 0.468. The SMILES string of the molecule is CCOC.Cn1ncc(C=O)c1N. The highest BCUT2D eigenvalue weighted by Gasteiger charge is 2.00. The number of hydrogen-bond acceptors (Lipinski definition) is 4. The Morgan fingerprint density at radius 3 is 2.46 bits per heavy atom. The molecule has 0 aliphatic carbocycles. The van der Waals surface area contributed by atoms with Crippen molar-refractivity contribution < 1.29 is 9.53 Å². The number of carbonyl (C=O) groups excluding carboxylic acids is 1. The normalized spacial score (nSPS) is 8.85. The minimum Gasteiger partial charge on any atom is -0.385 e. The third kappa shape index (κ3) is 3.71. The zero-order chi connectivity index (χ0) is 10.3. The third-order valence-corrected chi connectivity index (χ3v) is 1.43. The highest BCUT2D eigenvalue weighted by molar-refractivity contribution is 5.81. The van der Waals surface area contributed by atoms with E-state index in [9.17, 15) is 4.79 Å². The molecule has 0 fully saturated rings. The summed E-state index contributed by atoms with van der Waals surface area (Å²) in [6.07, 6.45) is 2.12. The molecule has 0 aromatic carbocycles. The van der Waals surface area contributed by atoms with Crippen molar-refractivity contribution in [2.45, 2.75) is 6.92 Å². The number of ether oxygens (including phenoxy) is 1. The first kappa shape index (κ1) is 11.6. The molecule has 13 heavy (non-hydrogen) atoms. The summed E-state index contributed by atoms with van der Waals surface area (Å²) in [5, 5.41) is 3.75. The van der Waals surface area contributed by atoms with Crippen molar-refractivity contribution in [1.29, 1.82) is 0 Å². The van der Waals surface area contributed by atoms with Gasteiger partial charge in [0.05, 0.1) is 11.8 Å². The molecule has 0 atom stereocenters. The van der Waals surface area contributed by atoms with Gasteiger partial charge in [-0.25, -0.2) is 0 Å². The summed E-state index contributed by atoms with van der Waals surface area (Å²) in [7, 11) is 3.36. The second-order valence-electron chi connectivity index (χ2n) is 2.30. The largest absolute Gasteiger partial charge is 0.385 e. The van der Waals surface area contributed by atoms with Crippen LogP contribution in [0, 0.1) is 0 Å². The molecule has 0 radical (unpaired) electrons. The molecule has 1 aromatic heterocycles. The first-order valence-corrected chi connectivity index (χ1v) is 3.88. The van der Waals surface area contributed by atoms with Crippen LogP contribution in [0.1, 0.15) is 17.3 Å². The van der Waals surface area contributed by atoms with E-state index in [1.165, 1.54) is 10.9 Å². The van der Waals surface area contributed by atoms with Gasteiger partial charge in [0.2, 0.25) is 0 Å². The van der Waals surface area contributed by atoms with Gasteiger partial charge in [-0.1, -0.05) is 0 Å². The van der Waals surface area contributed by atoms with E-state index in [0.29, 0.717) is 17.7 Å². The summed E-state index contributed by atoms with van der Waals surface area (Å²) >= 11 is 0. The summed E-state index contributed by atoms with van der Waals surface area (Å²) in [5.41, 5.74) is 5.82. The lowest BCUT2D eigenvalue weighted by Gasteiger charge is -1.90. The fourth-order valence-electron chi connectivity index (χ4n) is 0.555. The van der Waals surface area contributed by atoms with Crippen molar-refractivity contribution in [3.8, 4) is 0 Å². The van der Waals surface area contributed by atoms with Crippen molar-refractivity contribution in [1.82, 2.24) is 9.78 Å². The Morgan fingerprint density at radius 1 is 1.77 bits per heavy atom. The molecule has 0 unspecified atom stereocenters. The van der Waals surface area contributed by atoms with Crippen molar-refractivity contribution in [2.24, 2.45) is 7.05 Å². The average molecular weight is 185 g/mol. The maximum Gasteiger partial charge on any atom is 0.155 e. The van der Waals surface area contributed by atoms with Gasteiger partial charge in [-0.3, -0.25) is 9.48 Å². The van der Waals surface area contributed by atoms with Crippen LogP contribution < -0.4 is 5.73 Å². The number of aromatic nitrogens is 2. The van der Waals surface area contributed by atoms with Crippen molar-refractivity contribution in [3.05, 3.63) is 11.8 Å². The highest BCUT2D eigenvalue weighted by atomic mass is 16.5. The molecule has 0 bridgehead atoms. The van der Waals surface area contributed by atoms with Crippen LogP contribution in [0.25, 0.3) is 0 Å². The van der Waals surface area contributed by atoms with Crippen LogP contribution in [-0.4, -0.2) is 29.8 Å². The molecule has 74 valence electrons. The molecule has 1 rings (SSSR count). The lowest BCUT2D eigenvalue weighted by Crippen LogP contribution is -1.98. The molecule has 0 amide bonds. The van der Waals surface area contributed by atoms with Gasteiger partial charge < -0.3 is 10.5 Å². The van der Waals surface area contributed by atoms with Gasteiger partial charge in [0, 0.05) is 20.8 Å². The number of rotatable bonds is 2. The monoisotopic (exact) mass is 185 g/mol. The number of carbonyl (C=O) groups is 1. The maximum atomic E-state index is 10.1. The third-order valence-electron chi connectivity index (χ3n) is 1.43. The Hall–Kier alpha value is -1.36. The van der Waals surface area contributed by atoms with Crippen LogP contribution in [-0.2, 0) is 11.8 Å². The quantitative estimate of drug-likeness (QED) is 0.680. The fourth-order valence-corrected chi connectivity index (χ4v) is 0.555. The molecule has 2 N–H and O–H groups in total. The summed E-state index contributed by atoms with van der Waals surface area (Å²) in [5.74, 6) is 0.407. The Bertz CT molecular complexity index is 256. The second-order valence-corrected chi connectivity index (χ2v) is 2.30. The van der Waals surface area contributed by atoms with Crippen LogP contribution in [0.2, 0.25) is 0 Å². The summed E-state index contributed by atoms with van der Waals surface area (Å²) in [6.45, 7) is 2.78. The van der Waals surface area contributed by atoms with E-state index < -0.39 is 0 Å². The molecule has 5 nitrogen and oxygen atoms in total. The van der Waals surface area contributed by atoms with E-state index >= 15 is 0 Å². The first-order valence-electron chi connectivity index (χ1n) is 3.88. The van der Waals surface area contributed by atoms with E-state index in [0.717, 1.165) is 6.61 Å². The fraction of sp³-hybridized carbons (Fsp3) is 0.500. The molecule has 1 heterocycles. The number of nitrogens with two attached hydrogens (primary N) is 1. The van der Waals surface area contributed by atoms with E-state index in [2.05, 4.69) is 9.84 Å². The number of nitrogen functional groups attached to an aromatic ring is 1. The van der Waals surface area contributed by atoms with Crippen molar-refractivity contribution in [2.75, 3.05) is 19.5 Å². The van der Waals surface area contributed by atoms with Crippen LogP contribution in [0.15, 0.2) is 6.20 Å². The van der Waals surface area contributed by atoms with E-state index in [1.807, 2.05) is 6.92 Å². The van der Waals surface area contributed by atoms with Crippen LogP contribution >= 0.6 is 0 Å². The molecular weight excluding hydrogens is 170 g/mol. The van der Waals surface area contributed by atoms with Crippen LogP contribution in [0.3, 0.4) is 0 Å². The van der Waals surface area contributed by atoms with Gasteiger partial charge in [-0.2, -0.15) is 5.10 Å². The Labute approximate surface area is 77.5 Å². The summed E-state index contributed by atoms with van der Waals surface area (Å²) in [4.78, 5) is 10.1. The smallest absolute Gasteiger partial charge is 0.155 e. The van der Waals surface area contributed by atoms with E-state index in [-0.39, 0.29) is 0 Å². The second kappa shape index (κ2) is 6.19. The molecule has 0 saturated heterocycles. The number of aryl methyl sites for hydroxylation is 1. The highest BCUT2D eigenvalue weighted by Crippen LogP contribution is 2.04. The summed E-state index contributed by atoms with van der Waals surface area (Å²) in [6, 6.07) is 0. The molecule has 5 heteroatoms. The topological polar surface area (TPSA) is 70.1 Å². The number of methoxy groups -OCH3 is 1. The zero-order valence-corrected chi connectivity index (χ0v) is 8.15. The number of hydrogen-bond donors (Lipinski definition) is 1. The van der Waals surface area contributed by atoms with Crippen molar-refractivity contribution >= 4 is 12.1 Å². The van der Waals surface area contributed by atoms with Gasteiger partial charge in [0.25, 0.3) is 0 Å². The van der Waals surface area contributed by atoms with E-state index in [4.69, 9.17) is 5.73 Å². The molecule has 0 saturated carbocycles. The number of nitrogens with zero attached hydrogens (tertiary/aromatic N) is 2.